The number of pyridine rings is 1. The number of anilines is 1. The van der Waals surface area contributed by atoms with Gasteiger partial charge in [0.15, 0.2) is 0 Å². The van der Waals surface area contributed by atoms with E-state index in [1.165, 1.54) is 0 Å². The van der Waals surface area contributed by atoms with Gasteiger partial charge in [-0.25, -0.2) is 4.98 Å². The van der Waals surface area contributed by atoms with E-state index in [0.717, 1.165) is 12.1 Å². The summed E-state index contributed by atoms with van der Waals surface area (Å²) in [7, 11) is -1.26. The van der Waals surface area contributed by atoms with E-state index in [1.807, 2.05) is 16.9 Å². The highest BCUT2D eigenvalue weighted by Crippen LogP contribution is 2.16. The SMILES string of the molecule is CCC(C)n1ccc(CS(=O)c2ncccc2N)n1. The zero-order chi connectivity index (χ0) is 13.8. The van der Waals surface area contributed by atoms with Gasteiger partial charge in [-0.3, -0.25) is 8.89 Å². The van der Waals surface area contributed by atoms with Gasteiger partial charge in [0.1, 0.15) is 5.03 Å². The quantitative estimate of drug-likeness (QED) is 0.909. The van der Waals surface area contributed by atoms with Gasteiger partial charge < -0.3 is 5.73 Å². The fourth-order valence-corrected chi connectivity index (χ4v) is 2.75. The summed E-state index contributed by atoms with van der Waals surface area (Å²) in [5.74, 6) is 0.338. The van der Waals surface area contributed by atoms with Crippen LogP contribution in [0.25, 0.3) is 0 Å². The summed E-state index contributed by atoms with van der Waals surface area (Å²) < 4.78 is 14.1. The molecule has 0 radical (unpaired) electrons. The van der Waals surface area contributed by atoms with Gasteiger partial charge in [0.2, 0.25) is 0 Å². The number of nitrogens with zero attached hydrogens (tertiary/aromatic N) is 3. The number of aromatic nitrogens is 3. The fourth-order valence-electron chi connectivity index (χ4n) is 1.68. The summed E-state index contributed by atoms with van der Waals surface area (Å²) in [6.07, 6.45) is 4.53. The Kier molecular flexibility index (Phi) is 4.31. The molecule has 0 aliphatic rings. The number of nitrogen functional groups attached to an aromatic ring is 1. The van der Waals surface area contributed by atoms with E-state index < -0.39 is 10.8 Å². The van der Waals surface area contributed by atoms with Gasteiger partial charge in [0.05, 0.1) is 27.9 Å². The zero-order valence-corrected chi connectivity index (χ0v) is 11.9. The molecule has 0 saturated carbocycles. The Balaban J connectivity index is 2.11. The molecule has 0 aliphatic carbocycles. The Bertz CT molecular complexity index is 582. The molecule has 2 unspecified atom stereocenters. The smallest absolute Gasteiger partial charge is 0.150 e. The van der Waals surface area contributed by atoms with Gasteiger partial charge in [-0.2, -0.15) is 5.10 Å². The van der Waals surface area contributed by atoms with Gasteiger partial charge in [-0.1, -0.05) is 6.92 Å². The molecule has 0 bridgehead atoms. The Labute approximate surface area is 115 Å². The first-order valence-corrected chi connectivity index (χ1v) is 7.56. The lowest BCUT2D eigenvalue weighted by atomic mass is 10.3. The molecule has 0 spiro atoms. The zero-order valence-electron chi connectivity index (χ0n) is 11.1. The molecule has 19 heavy (non-hydrogen) atoms. The molecule has 0 saturated heterocycles. The molecule has 0 aliphatic heterocycles. The van der Waals surface area contributed by atoms with Crippen molar-refractivity contribution in [2.45, 2.75) is 37.1 Å². The highest BCUT2D eigenvalue weighted by Gasteiger charge is 2.12. The number of rotatable bonds is 5. The maximum absolute atomic E-state index is 12.2. The van der Waals surface area contributed by atoms with Crippen molar-refractivity contribution >= 4 is 16.5 Å². The summed E-state index contributed by atoms with van der Waals surface area (Å²) in [5.41, 5.74) is 7.02. The average molecular weight is 278 g/mol. The van der Waals surface area contributed by atoms with E-state index in [0.29, 0.717) is 22.5 Å². The molecule has 2 aromatic rings. The summed E-state index contributed by atoms with van der Waals surface area (Å²) in [5, 5.41) is 4.86. The minimum absolute atomic E-state index is 0.338. The fraction of sp³-hybridized carbons (Fsp3) is 0.385. The second-order valence-electron chi connectivity index (χ2n) is 4.43. The largest absolute Gasteiger partial charge is 0.396 e. The normalized spacial score (nSPS) is 14.2. The molecule has 0 fully saturated rings. The van der Waals surface area contributed by atoms with Crippen molar-refractivity contribution in [3.8, 4) is 0 Å². The first kappa shape index (κ1) is 13.7. The first-order chi connectivity index (χ1) is 9.11. The van der Waals surface area contributed by atoms with Crippen molar-refractivity contribution < 1.29 is 4.21 Å². The van der Waals surface area contributed by atoms with E-state index in [1.54, 1.807) is 18.3 Å². The topological polar surface area (TPSA) is 73.8 Å². The monoisotopic (exact) mass is 278 g/mol. The molecule has 2 heterocycles. The third kappa shape index (κ3) is 3.20. The highest BCUT2D eigenvalue weighted by molar-refractivity contribution is 7.84. The molecule has 0 amide bonds. The van der Waals surface area contributed by atoms with Crippen LogP contribution in [0, 0.1) is 0 Å². The summed E-state index contributed by atoms with van der Waals surface area (Å²) >= 11 is 0. The van der Waals surface area contributed by atoms with Gasteiger partial charge in [-0.15, -0.1) is 0 Å². The van der Waals surface area contributed by atoms with Crippen molar-refractivity contribution in [3.63, 3.8) is 0 Å². The number of hydrogen-bond acceptors (Lipinski definition) is 4. The second kappa shape index (κ2) is 5.97. The van der Waals surface area contributed by atoms with E-state index in [9.17, 15) is 4.21 Å². The predicted octanol–water partition coefficient (Wildman–Crippen LogP) is 2.14. The Morgan fingerprint density at radius 1 is 1.47 bits per heavy atom. The Morgan fingerprint density at radius 2 is 2.26 bits per heavy atom. The highest BCUT2D eigenvalue weighted by atomic mass is 32.2. The van der Waals surface area contributed by atoms with Gasteiger partial charge >= 0.3 is 0 Å². The minimum atomic E-state index is -1.26. The molecule has 0 aromatic carbocycles. The Morgan fingerprint density at radius 3 is 2.95 bits per heavy atom. The van der Waals surface area contributed by atoms with Crippen molar-refractivity contribution in [3.05, 3.63) is 36.3 Å². The lowest BCUT2D eigenvalue weighted by Gasteiger charge is -2.08. The van der Waals surface area contributed by atoms with Crippen molar-refractivity contribution in [1.82, 2.24) is 14.8 Å². The van der Waals surface area contributed by atoms with Crippen LogP contribution >= 0.6 is 0 Å². The summed E-state index contributed by atoms with van der Waals surface area (Å²) in [4.78, 5) is 4.07. The number of hydrogen-bond donors (Lipinski definition) is 1. The van der Waals surface area contributed by atoms with Gasteiger partial charge in [0.25, 0.3) is 0 Å². The third-order valence-electron chi connectivity index (χ3n) is 3.00. The predicted molar refractivity (Wildman–Crippen MR) is 76.0 cm³/mol. The molecule has 2 aromatic heterocycles. The van der Waals surface area contributed by atoms with Crippen LogP contribution in [0.3, 0.4) is 0 Å². The number of nitrogens with two attached hydrogens (primary N) is 1. The van der Waals surface area contributed by atoms with Crippen LogP contribution in [0.4, 0.5) is 5.69 Å². The standard InChI is InChI=1S/C13H18N4OS/c1-3-10(2)17-8-6-11(16-17)9-19(18)13-12(14)5-4-7-15-13/h4-8,10H,3,9,14H2,1-2H3. The first-order valence-electron chi connectivity index (χ1n) is 6.24. The summed E-state index contributed by atoms with van der Waals surface area (Å²) in [6.45, 7) is 4.21. The van der Waals surface area contributed by atoms with Crippen LogP contribution in [0.15, 0.2) is 35.6 Å². The second-order valence-corrected chi connectivity index (χ2v) is 5.80. The average Bonchev–Trinajstić information content (AvgIpc) is 2.86. The van der Waals surface area contributed by atoms with Crippen LogP contribution in [0.1, 0.15) is 32.0 Å². The van der Waals surface area contributed by atoms with Gasteiger partial charge in [-0.05, 0) is 31.5 Å². The maximum atomic E-state index is 12.2. The Hall–Kier alpha value is -1.69. The lowest BCUT2D eigenvalue weighted by Crippen LogP contribution is -2.07. The molecule has 2 rings (SSSR count). The lowest BCUT2D eigenvalue weighted by molar-refractivity contribution is 0.475. The van der Waals surface area contributed by atoms with E-state index in [4.69, 9.17) is 5.73 Å². The van der Waals surface area contributed by atoms with E-state index >= 15 is 0 Å². The van der Waals surface area contributed by atoms with Crippen molar-refractivity contribution in [2.24, 2.45) is 0 Å². The van der Waals surface area contributed by atoms with Crippen LogP contribution in [0.2, 0.25) is 0 Å². The van der Waals surface area contributed by atoms with Crippen LogP contribution in [-0.4, -0.2) is 19.0 Å². The summed E-state index contributed by atoms with van der Waals surface area (Å²) in [6, 6.07) is 5.68. The molecular formula is C13H18N4OS. The molecule has 5 nitrogen and oxygen atoms in total. The van der Waals surface area contributed by atoms with E-state index in [2.05, 4.69) is 23.9 Å². The van der Waals surface area contributed by atoms with Gasteiger partial charge in [0, 0.05) is 18.4 Å². The van der Waals surface area contributed by atoms with Crippen LogP contribution in [0.5, 0.6) is 0 Å². The van der Waals surface area contributed by atoms with Crippen LogP contribution < -0.4 is 5.73 Å². The third-order valence-corrected chi connectivity index (χ3v) is 4.33. The molecule has 2 atom stereocenters. The molecule has 2 N–H and O–H groups in total. The van der Waals surface area contributed by atoms with Crippen LogP contribution in [-0.2, 0) is 16.6 Å². The molecule has 102 valence electrons. The van der Waals surface area contributed by atoms with Crippen molar-refractivity contribution in [2.75, 3.05) is 5.73 Å². The van der Waals surface area contributed by atoms with E-state index in [-0.39, 0.29) is 0 Å². The molecule has 6 heteroatoms. The minimum Gasteiger partial charge on any atom is -0.396 e. The maximum Gasteiger partial charge on any atom is 0.150 e. The molecular weight excluding hydrogens is 260 g/mol. The van der Waals surface area contributed by atoms with Crippen molar-refractivity contribution in [1.29, 1.82) is 0 Å².